The van der Waals surface area contributed by atoms with Crippen molar-refractivity contribution in [2.45, 2.75) is 25.0 Å². The number of hydrogen-bond donors (Lipinski definition) is 2. The van der Waals surface area contributed by atoms with Gasteiger partial charge in [0.2, 0.25) is 0 Å². The van der Waals surface area contributed by atoms with Gasteiger partial charge in [-0.3, -0.25) is 0 Å². The van der Waals surface area contributed by atoms with Gasteiger partial charge in [-0.25, -0.2) is 4.98 Å². The number of nitrogens with two attached hydrogens (primary N) is 1. The standard InChI is InChI=1S/C8H13N3O/c9-6-1-2-8(12-4-6)7-3-10-5-11-7/h3,5-6,8H,1-2,4,9H2,(H,10,11)/t6-,8+/m1/s1. The predicted molar refractivity (Wildman–Crippen MR) is 44.5 cm³/mol. The maximum atomic E-state index is 5.70. The number of H-pyrrole nitrogens is 1. The van der Waals surface area contributed by atoms with E-state index in [4.69, 9.17) is 10.5 Å². The summed E-state index contributed by atoms with van der Waals surface area (Å²) in [5.74, 6) is 0. The first kappa shape index (κ1) is 7.76. The minimum Gasteiger partial charge on any atom is -0.370 e. The number of imidazole rings is 1. The third-order valence-corrected chi connectivity index (χ3v) is 2.18. The van der Waals surface area contributed by atoms with Crippen molar-refractivity contribution in [2.75, 3.05) is 6.61 Å². The molecule has 0 saturated carbocycles. The first-order valence-electron chi connectivity index (χ1n) is 4.21. The Kier molecular flexibility index (Phi) is 2.10. The first-order valence-corrected chi connectivity index (χ1v) is 4.21. The second-order valence-electron chi connectivity index (χ2n) is 3.17. The van der Waals surface area contributed by atoms with Crippen molar-refractivity contribution in [3.8, 4) is 0 Å². The van der Waals surface area contributed by atoms with Crippen molar-refractivity contribution < 1.29 is 4.74 Å². The zero-order chi connectivity index (χ0) is 8.39. The van der Waals surface area contributed by atoms with Gasteiger partial charge < -0.3 is 15.5 Å². The van der Waals surface area contributed by atoms with Crippen LogP contribution in [0.4, 0.5) is 0 Å². The molecule has 0 unspecified atom stereocenters. The highest BCUT2D eigenvalue weighted by Gasteiger charge is 2.20. The lowest BCUT2D eigenvalue weighted by Crippen LogP contribution is -2.32. The van der Waals surface area contributed by atoms with E-state index in [1.807, 2.05) is 6.20 Å². The van der Waals surface area contributed by atoms with Crippen LogP contribution in [0.3, 0.4) is 0 Å². The smallest absolute Gasteiger partial charge is 0.0989 e. The Hall–Kier alpha value is -0.870. The first-order chi connectivity index (χ1) is 5.86. The molecule has 4 heteroatoms. The number of rotatable bonds is 1. The van der Waals surface area contributed by atoms with E-state index in [2.05, 4.69) is 9.97 Å². The van der Waals surface area contributed by atoms with Crippen molar-refractivity contribution in [3.63, 3.8) is 0 Å². The highest BCUT2D eigenvalue weighted by molar-refractivity contribution is 5.00. The maximum absolute atomic E-state index is 5.70. The van der Waals surface area contributed by atoms with Gasteiger partial charge >= 0.3 is 0 Å². The molecule has 0 aromatic carbocycles. The van der Waals surface area contributed by atoms with E-state index >= 15 is 0 Å². The quantitative estimate of drug-likeness (QED) is 0.643. The zero-order valence-corrected chi connectivity index (χ0v) is 6.86. The molecule has 3 N–H and O–H groups in total. The lowest BCUT2D eigenvalue weighted by atomic mass is 10.0. The van der Waals surface area contributed by atoms with Gasteiger partial charge in [0.05, 0.1) is 30.9 Å². The van der Waals surface area contributed by atoms with Gasteiger partial charge in [0.15, 0.2) is 0 Å². The van der Waals surface area contributed by atoms with Gasteiger partial charge in [0.25, 0.3) is 0 Å². The Morgan fingerprint density at radius 1 is 1.58 bits per heavy atom. The van der Waals surface area contributed by atoms with Crippen molar-refractivity contribution in [3.05, 3.63) is 18.2 Å². The van der Waals surface area contributed by atoms with Crippen LogP contribution in [0.25, 0.3) is 0 Å². The molecule has 0 radical (unpaired) electrons. The van der Waals surface area contributed by atoms with E-state index in [0.29, 0.717) is 6.61 Å². The number of aromatic nitrogens is 2. The molecule has 2 atom stereocenters. The summed E-state index contributed by atoms with van der Waals surface area (Å²) in [7, 11) is 0. The summed E-state index contributed by atoms with van der Waals surface area (Å²) >= 11 is 0. The summed E-state index contributed by atoms with van der Waals surface area (Å²) in [5.41, 5.74) is 6.76. The molecule has 1 aromatic heterocycles. The van der Waals surface area contributed by atoms with Crippen molar-refractivity contribution in [1.29, 1.82) is 0 Å². The molecular weight excluding hydrogens is 154 g/mol. The zero-order valence-electron chi connectivity index (χ0n) is 6.86. The summed E-state index contributed by atoms with van der Waals surface area (Å²) in [6.45, 7) is 0.656. The van der Waals surface area contributed by atoms with Crippen LogP contribution in [-0.2, 0) is 4.74 Å². The van der Waals surface area contributed by atoms with Crippen LogP contribution in [0.15, 0.2) is 12.5 Å². The van der Waals surface area contributed by atoms with Crippen molar-refractivity contribution >= 4 is 0 Å². The van der Waals surface area contributed by atoms with Crippen LogP contribution >= 0.6 is 0 Å². The molecule has 2 heterocycles. The van der Waals surface area contributed by atoms with E-state index in [-0.39, 0.29) is 12.1 Å². The van der Waals surface area contributed by atoms with Gasteiger partial charge in [-0.05, 0) is 12.8 Å². The largest absolute Gasteiger partial charge is 0.370 e. The third kappa shape index (κ3) is 1.49. The molecule has 12 heavy (non-hydrogen) atoms. The van der Waals surface area contributed by atoms with Crippen molar-refractivity contribution in [1.82, 2.24) is 9.97 Å². The summed E-state index contributed by atoms with van der Waals surface area (Å²) < 4.78 is 5.54. The Bertz CT molecular complexity index is 226. The molecule has 0 amide bonds. The SMILES string of the molecule is N[C@@H]1CC[C@@H](c2cnc[nH]2)OC1. The minimum atomic E-state index is 0.173. The predicted octanol–water partition coefficient (Wildman–Crippen LogP) is 0.588. The number of hydrogen-bond acceptors (Lipinski definition) is 3. The van der Waals surface area contributed by atoms with E-state index in [1.54, 1.807) is 6.33 Å². The molecule has 1 saturated heterocycles. The number of ether oxygens (including phenoxy) is 1. The van der Waals surface area contributed by atoms with Gasteiger partial charge in [-0.2, -0.15) is 0 Å². The highest BCUT2D eigenvalue weighted by Crippen LogP contribution is 2.25. The number of nitrogens with zero attached hydrogens (tertiary/aromatic N) is 1. The summed E-state index contributed by atoms with van der Waals surface area (Å²) in [4.78, 5) is 6.99. The second kappa shape index (κ2) is 3.25. The maximum Gasteiger partial charge on any atom is 0.0989 e. The lowest BCUT2D eigenvalue weighted by molar-refractivity contribution is 0.00186. The summed E-state index contributed by atoms with van der Waals surface area (Å²) in [5, 5.41) is 0. The van der Waals surface area contributed by atoms with E-state index in [0.717, 1.165) is 18.5 Å². The second-order valence-corrected chi connectivity index (χ2v) is 3.17. The topological polar surface area (TPSA) is 63.9 Å². The van der Waals surface area contributed by atoms with E-state index in [1.165, 1.54) is 0 Å². The Labute approximate surface area is 71.1 Å². The Morgan fingerprint density at radius 3 is 3.08 bits per heavy atom. The van der Waals surface area contributed by atoms with Crippen LogP contribution in [0.2, 0.25) is 0 Å². The van der Waals surface area contributed by atoms with Crippen LogP contribution in [0, 0.1) is 0 Å². The molecule has 1 aliphatic heterocycles. The van der Waals surface area contributed by atoms with Crippen LogP contribution in [0.1, 0.15) is 24.6 Å². The fraction of sp³-hybridized carbons (Fsp3) is 0.625. The number of aromatic amines is 1. The molecule has 0 spiro atoms. The Morgan fingerprint density at radius 2 is 2.50 bits per heavy atom. The van der Waals surface area contributed by atoms with Crippen LogP contribution in [-0.4, -0.2) is 22.6 Å². The molecule has 66 valence electrons. The fourth-order valence-electron chi connectivity index (χ4n) is 1.46. The van der Waals surface area contributed by atoms with E-state index < -0.39 is 0 Å². The van der Waals surface area contributed by atoms with Gasteiger partial charge in [-0.15, -0.1) is 0 Å². The molecule has 2 rings (SSSR count). The molecular formula is C8H13N3O. The van der Waals surface area contributed by atoms with Crippen molar-refractivity contribution in [2.24, 2.45) is 5.73 Å². The summed E-state index contributed by atoms with van der Waals surface area (Å²) in [6.07, 6.45) is 5.68. The fourth-order valence-corrected chi connectivity index (χ4v) is 1.46. The van der Waals surface area contributed by atoms with Crippen LogP contribution in [0.5, 0.6) is 0 Å². The normalized spacial score (nSPS) is 30.4. The molecule has 0 aliphatic carbocycles. The lowest BCUT2D eigenvalue weighted by Gasteiger charge is -2.25. The van der Waals surface area contributed by atoms with Gasteiger partial charge in [0.1, 0.15) is 0 Å². The molecule has 1 aromatic rings. The summed E-state index contributed by atoms with van der Waals surface area (Å²) in [6, 6.07) is 0.212. The minimum absolute atomic E-state index is 0.173. The highest BCUT2D eigenvalue weighted by atomic mass is 16.5. The Balaban J connectivity index is 1.99. The third-order valence-electron chi connectivity index (χ3n) is 2.18. The molecule has 0 bridgehead atoms. The molecule has 4 nitrogen and oxygen atoms in total. The monoisotopic (exact) mass is 167 g/mol. The average molecular weight is 167 g/mol. The van der Waals surface area contributed by atoms with Crippen LogP contribution < -0.4 is 5.73 Å². The number of nitrogens with one attached hydrogen (secondary N) is 1. The van der Waals surface area contributed by atoms with Gasteiger partial charge in [0, 0.05) is 6.04 Å². The molecule has 1 fully saturated rings. The average Bonchev–Trinajstić information content (AvgIpc) is 2.58. The van der Waals surface area contributed by atoms with Gasteiger partial charge in [-0.1, -0.05) is 0 Å². The molecule has 1 aliphatic rings. The van der Waals surface area contributed by atoms with E-state index in [9.17, 15) is 0 Å².